The highest BCUT2D eigenvalue weighted by atomic mass is 16.6. The van der Waals surface area contributed by atoms with Crippen LogP contribution in [0.25, 0.3) is 0 Å². The molecule has 2 aromatic carbocycles. The van der Waals surface area contributed by atoms with E-state index in [1.165, 1.54) is 25.3 Å². The van der Waals surface area contributed by atoms with Crippen LogP contribution in [0.5, 0.6) is 5.75 Å². The molecule has 0 atom stereocenters. The SMILES string of the molecule is CCN(CC(=O)Nc1ccc([N+](=O)[O-])cc1OC)Cc1ccc(N(C)C)cc1. The van der Waals surface area contributed by atoms with Crippen molar-refractivity contribution in [2.75, 3.05) is 44.5 Å². The fourth-order valence-electron chi connectivity index (χ4n) is 2.73. The van der Waals surface area contributed by atoms with Crippen molar-refractivity contribution in [3.8, 4) is 5.75 Å². The topological polar surface area (TPSA) is 88.0 Å². The van der Waals surface area contributed by atoms with Crippen molar-refractivity contribution in [2.24, 2.45) is 0 Å². The molecule has 0 heterocycles. The number of nitro benzene ring substituents is 1. The van der Waals surface area contributed by atoms with Gasteiger partial charge in [0.15, 0.2) is 0 Å². The van der Waals surface area contributed by atoms with E-state index in [9.17, 15) is 14.9 Å². The highest BCUT2D eigenvalue weighted by Crippen LogP contribution is 2.29. The van der Waals surface area contributed by atoms with E-state index in [1.807, 2.05) is 43.0 Å². The Kier molecular flexibility index (Phi) is 7.34. The van der Waals surface area contributed by atoms with Gasteiger partial charge in [-0.15, -0.1) is 0 Å². The lowest BCUT2D eigenvalue weighted by Gasteiger charge is -2.21. The Morgan fingerprint density at radius 3 is 2.39 bits per heavy atom. The Morgan fingerprint density at radius 1 is 1.18 bits per heavy atom. The van der Waals surface area contributed by atoms with Crippen LogP contribution in [0.3, 0.4) is 0 Å². The molecule has 0 bridgehead atoms. The Balaban J connectivity index is 2.01. The van der Waals surface area contributed by atoms with Crippen LogP contribution in [0.1, 0.15) is 12.5 Å². The zero-order valence-corrected chi connectivity index (χ0v) is 16.6. The maximum absolute atomic E-state index is 12.5. The summed E-state index contributed by atoms with van der Waals surface area (Å²) in [6.07, 6.45) is 0. The summed E-state index contributed by atoms with van der Waals surface area (Å²) in [6, 6.07) is 12.3. The van der Waals surface area contributed by atoms with Crippen molar-refractivity contribution >= 4 is 23.0 Å². The molecule has 2 rings (SSSR count). The molecule has 0 saturated heterocycles. The van der Waals surface area contributed by atoms with Gasteiger partial charge in [0.1, 0.15) is 5.75 Å². The fraction of sp³-hybridized carbons (Fsp3) is 0.350. The maximum atomic E-state index is 12.5. The number of methoxy groups -OCH3 is 1. The quantitative estimate of drug-likeness (QED) is 0.526. The van der Waals surface area contributed by atoms with Crippen LogP contribution in [-0.2, 0) is 11.3 Å². The number of anilines is 2. The number of carbonyl (C=O) groups is 1. The van der Waals surface area contributed by atoms with Crippen LogP contribution in [0.15, 0.2) is 42.5 Å². The molecule has 0 fully saturated rings. The van der Waals surface area contributed by atoms with Gasteiger partial charge in [-0.2, -0.15) is 0 Å². The summed E-state index contributed by atoms with van der Waals surface area (Å²) in [5.74, 6) is 0.0452. The minimum atomic E-state index is -0.505. The number of nitrogens with zero attached hydrogens (tertiary/aromatic N) is 3. The van der Waals surface area contributed by atoms with Crippen molar-refractivity contribution in [1.29, 1.82) is 0 Å². The van der Waals surface area contributed by atoms with E-state index in [0.29, 0.717) is 18.8 Å². The molecule has 28 heavy (non-hydrogen) atoms. The summed E-state index contributed by atoms with van der Waals surface area (Å²) in [5, 5.41) is 13.6. The first-order chi connectivity index (χ1) is 13.3. The van der Waals surface area contributed by atoms with Gasteiger partial charge >= 0.3 is 0 Å². The minimum Gasteiger partial charge on any atom is -0.494 e. The first kappa shape index (κ1) is 21.2. The van der Waals surface area contributed by atoms with E-state index in [4.69, 9.17) is 4.74 Å². The third-order valence-corrected chi connectivity index (χ3v) is 4.34. The normalized spacial score (nSPS) is 10.6. The molecule has 0 aliphatic heterocycles. The lowest BCUT2D eigenvalue weighted by molar-refractivity contribution is -0.384. The third kappa shape index (κ3) is 5.68. The average Bonchev–Trinajstić information content (AvgIpc) is 2.67. The van der Waals surface area contributed by atoms with Crippen molar-refractivity contribution in [3.05, 3.63) is 58.1 Å². The maximum Gasteiger partial charge on any atom is 0.273 e. The van der Waals surface area contributed by atoms with Gasteiger partial charge in [0.2, 0.25) is 5.91 Å². The Bertz CT molecular complexity index is 821. The number of amides is 1. The molecule has 2 aromatic rings. The molecule has 1 N–H and O–H groups in total. The first-order valence-corrected chi connectivity index (χ1v) is 8.95. The molecule has 1 amide bonds. The van der Waals surface area contributed by atoms with Crippen molar-refractivity contribution in [1.82, 2.24) is 4.90 Å². The number of hydrogen-bond donors (Lipinski definition) is 1. The van der Waals surface area contributed by atoms with Crippen LogP contribution >= 0.6 is 0 Å². The van der Waals surface area contributed by atoms with Gasteiger partial charge in [-0.3, -0.25) is 19.8 Å². The van der Waals surface area contributed by atoms with Gasteiger partial charge in [0.05, 0.1) is 30.3 Å². The molecule has 0 aliphatic rings. The van der Waals surface area contributed by atoms with Crippen LogP contribution in [0.2, 0.25) is 0 Å². The summed E-state index contributed by atoms with van der Waals surface area (Å²) in [4.78, 5) is 26.9. The second kappa shape index (κ2) is 9.70. The predicted octanol–water partition coefficient (Wildman–Crippen LogP) is 3.13. The number of nitro groups is 1. The van der Waals surface area contributed by atoms with Gasteiger partial charge in [-0.25, -0.2) is 0 Å². The summed E-state index contributed by atoms with van der Waals surface area (Å²) < 4.78 is 5.16. The monoisotopic (exact) mass is 386 g/mol. The molecule has 150 valence electrons. The summed E-state index contributed by atoms with van der Waals surface area (Å²) in [6.45, 7) is 3.55. The van der Waals surface area contributed by atoms with E-state index in [2.05, 4.69) is 17.4 Å². The zero-order valence-electron chi connectivity index (χ0n) is 16.6. The lowest BCUT2D eigenvalue weighted by atomic mass is 10.2. The number of non-ortho nitro benzene ring substituents is 1. The molecule has 0 unspecified atom stereocenters. The van der Waals surface area contributed by atoms with E-state index >= 15 is 0 Å². The number of nitrogens with one attached hydrogen (secondary N) is 1. The molecule has 0 spiro atoms. The fourth-order valence-corrected chi connectivity index (χ4v) is 2.73. The van der Waals surface area contributed by atoms with Crippen molar-refractivity contribution in [2.45, 2.75) is 13.5 Å². The molecule has 8 heteroatoms. The van der Waals surface area contributed by atoms with Gasteiger partial charge in [0, 0.05) is 32.4 Å². The lowest BCUT2D eigenvalue weighted by Crippen LogP contribution is -2.32. The van der Waals surface area contributed by atoms with E-state index in [-0.39, 0.29) is 23.9 Å². The van der Waals surface area contributed by atoms with Crippen LogP contribution in [0.4, 0.5) is 17.1 Å². The number of hydrogen-bond acceptors (Lipinski definition) is 6. The van der Waals surface area contributed by atoms with Crippen molar-refractivity contribution in [3.63, 3.8) is 0 Å². The molecular weight excluding hydrogens is 360 g/mol. The number of carbonyl (C=O) groups excluding carboxylic acids is 1. The number of likely N-dealkylation sites (N-methyl/N-ethyl adjacent to an activating group) is 1. The van der Waals surface area contributed by atoms with E-state index in [1.54, 1.807) is 0 Å². The molecule has 0 saturated carbocycles. The highest BCUT2D eigenvalue weighted by Gasteiger charge is 2.15. The number of ether oxygens (including phenoxy) is 1. The molecule has 0 aliphatic carbocycles. The van der Waals surface area contributed by atoms with Gasteiger partial charge in [-0.05, 0) is 30.3 Å². The van der Waals surface area contributed by atoms with E-state index in [0.717, 1.165) is 11.3 Å². The minimum absolute atomic E-state index is 0.0915. The van der Waals surface area contributed by atoms with Crippen LogP contribution < -0.4 is 15.0 Å². The van der Waals surface area contributed by atoms with E-state index < -0.39 is 4.92 Å². The van der Waals surface area contributed by atoms with Gasteiger partial charge in [0.25, 0.3) is 5.69 Å². The molecule has 0 radical (unpaired) electrons. The van der Waals surface area contributed by atoms with Crippen LogP contribution in [0, 0.1) is 10.1 Å². The van der Waals surface area contributed by atoms with Gasteiger partial charge in [-0.1, -0.05) is 19.1 Å². The smallest absolute Gasteiger partial charge is 0.273 e. The highest BCUT2D eigenvalue weighted by molar-refractivity contribution is 5.93. The largest absolute Gasteiger partial charge is 0.494 e. The zero-order chi connectivity index (χ0) is 20.7. The van der Waals surface area contributed by atoms with Crippen LogP contribution in [-0.4, -0.2) is 50.0 Å². The molecular formula is C20H26N4O4. The Hall–Kier alpha value is -3.13. The predicted molar refractivity (Wildman–Crippen MR) is 110 cm³/mol. The average molecular weight is 386 g/mol. The summed E-state index contributed by atoms with van der Waals surface area (Å²) >= 11 is 0. The van der Waals surface area contributed by atoms with Crippen molar-refractivity contribution < 1.29 is 14.5 Å². The van der Waals surface area contributed by atoms with Gasteiger partial charge < -0.3 is 15.0 Å². The summed E-state index contributed by atoms with van der Waals surface area (Å²) in [7, 11) is 5.39. The standard InChI is InChI=1S/C20H26N4O4/c1-5-23(13-15-6-8-16(9-7-15)22(2)3)14-20(25)21-18-11-10-17(24(26)27)12-19(18)28-4/h6-12H,5,13-14H2,1-4H3,(H,21,25). The number of benzene rings is 2. The third-order valence-electron chi connectivity index (χ3n) is 4.34. The first-order valence-electron chi connectivity index (χ1n) is 8.95. The second-order valence-corrected chi connectivity index (χ2v) is 6.55. The number of rotatable bonds is 9. The summed E-state index contributed by atoms with van der Waals surface area (Å²) in [5.41, 5.74) is 2.55. The Labute approximate surface area is 164 Å². The Morgan fingerprint density at radius 2 is 1.86 bits per heavy atom. The molecule has 0 aromatic heterocycles. The molecule has 8 nitrogen and oxygen atoms in total. The second-order valence-electron chi connectivity index (χ2n) is 6.55.